The summed E-state index contributed by atoms with van der Waals surface area (Å²) in [5.41, 5.74) is 0.863. The van der Waals surface area contributed by atoms with Crippen LogP contribution in [0.3, 0.4) is 0 Å². The van der Waals surface area contributed by atoms with Crippen molar-refractivity contribution < 1.29 is 23.0 Å². The molecule has 0 fully saturated rings. The number of rotatable bonds is 6. The van der Waals surface area contributed by atoms with Gasteiger partial charge in [0.05, 0.1) is 0 Å². The Kier molecular flexibility index (Phi) is 5.43. The maximum atomic E-state index is 11.9. The molecule has 0 saturated carbocycles. The Labute approximate surface area is 104 Å². The minimum atomic E-state index is -4.66. The van der Waals surface area contributed by atoms with E-state index in [0.717, 1.165) is 5.56 Å². The van der Waals surface area contributed by atoms with Crippen molar-refractivity contribution in [2.45, 2.75) is 25.7 Å². The Bertz CT molecular complexity index is 351. The van der Waals surface area contributed by atoms with Crippen molar-refractivity contribution in [1.29, 1.82) is 0 Å². The van der Waals surface area contributed by atoms with Crippen LogP contribution in [0.4, 0.5) is 13.2 Å². The molecular formula is C12H16F3NO2. The number of aliphatic hydroxyl groups excluding tert-OH is 1. The van der Waals surface area contributed by atoms with Crippen molar-refractivity contribution in [1.82, 2.24) is 5.32 Å². The van der Waals surface area contributed by atoms with Crippen molar-refractivity contribution in [3.8, 4) is 5.75 Å². The third-order valence-corrected chi connectivity index (χ3v) is 2.40. The van der Waals surface area contributed by atoms with Gasteiger partial charge >= 0.3 is 6.36 Å². The first kappa shape index (κ1) is 14.8. The first-order chi connectivity index (χ1) is 8.42. The van der Waals surface area contributed by atoms with E-state index in [2.05, 4.69) is 10.1 Å². The van der Waals surface area contributed by atoms with Crippen LogP contribution in [0, 0.1) is 0 Å². The number of halogens is 3. The zero-order chi connectivity index (χ0) is 13.6. The highest BCUT2D eigenvalue weighted by Gasteiger charge is 2.30. The molecule has 0 radical (unpaired) electrons. The Hall–Kier alpha value is -1.27. The van der Waals surface area contributed by atoms with Gasteiger partial charge in [-0.1, -0.05) is 12.1 Å². The van der Waals surface area contributed by atoms with Crippen LogP contribution in [0.2, 0.25) is 0 Å². The number of benzene rings is 1. The van der Waals surface area contributed by atoms with Gasteiger partial charge in [-0.15, -0.1) is 13.2 Å². The van der Waals surface area contributed by atoms with Gasteiger partial charge in [-0.2, -0.15) is 0 Å². The molecule has 1 atom stereocenters. The summed E-state index contributed by atoms with van der Waals surface area (Å²) in [7, 11) is 0. The highest BCUT2D eigenvalue weighted by Crippen LogP contribution is 2.24. The summed E-state index contributed by atoms with van der Waals surface area (Å²) in [4.78, 5) is 0. The highest BCUT2D eigenvalue weighted by molar-refractivity contribution is 5.29. The number of aliphatic hydroxyl groups is 1. The van der Waals surface area contributed by atoms with Gasteiger partial charge in [0.2, 0.25) is 0 Å². The maximum Gasteiger partial charge on any atom is 0.573 e. The van der Waals surface area contributed by atoms with E-state index in [9.17, 15) is 13.2 Å². The van der Waals surface area contributed by atoms with Crippen LogP contribution >= 0.6 is 0 Å². The van der Waals surface area contributed by atoms with E-state index in [1.807, 2.05) is 6.92 Å². The second-order valence-electron chi connectivity index (χ2n) is 3.87. The molecule has 18 heavy (non-hydrogen) atoms. The third-order valence-electron chi connectivity index (χ3n) is 2.40. The summed E-state index contributed by atoms with van der Waals surface area (Å²) in [6.07, 6.45) is -4.02. The normalized spacial score (nSPS) is 13.4. The van der Waals surface area contributed by atoms with Crippen LogP contribution in [0.25, 0.3) is 0 Å². The third kappa shape index (κ3) is 5.37. The van der Waals surface area contributed by atoms with Crippen molar-refractivity contribution in [3.05, 3.63) is 29.8 Å². The molecule has 3 nitrogen and oxygen atoms in total. The van der Waals surface area contributed by atoms with Crippen LogP contribution in [-0.4, -0.2) is 24.6 Å². The van der Waals surface area contributed by atoms with E-state index >= 15 is 0 Å². The molecule has 1 rings (SSSR count). The SMILES string of the molecule is CC(NCCCO)c1ccc(OC(F)(F)F)cc1. The zero-order valence-corrected chi connectivity index (χ0v) is 10.00. The van der Waals surface area contributed by atoms with Crippen LogP contribution in [0.1, 0.15) is 24.9 Å². The lowest BCUT2D eigenvalue weighted by atomic mass is 10.1. The lowest BCUT2D eigenvalue weighted by Crippen LogP contribution is -2.20. The summed E-state index contributed by atoms with van der Waals surface area (Å²) < 4.78 is 39.6. The van der Waals surface area contributed by atoms with Gasteiger partial charge in [0, 0.05) is 12.6 Å². The first-order valence-corrected chi connectivity index (χ1v) is 5.62. The predicted octanol–water partition coefficient (Wildman–Crippen LogP) is 2.62. The monoisotopic (exact) mass is 263 g/mol. The average Bonchev–Trinajstić information content (AvgIpc) is 2.28. The lowest BCUT2D eigenvalue weighted by Gasteiger charge is -2.15. The molecule has 0 aliphatic carbocycles. The van der Waals surface area contributed by atoms with Gasteiger partial charge in [0.1, 0.15) is 5.75 Å². The molecule has 0 spiro atoms. The average molecular weight is 263 g/mol. The van der Waals surface area contributed by atoms with E-state index in [4.69, 9.17) is 5.11 Å². The van der Waals surface area contributed by atoms with Crippen molar-refractivity contribution >= 4 is 0 Å². The van der Waals surface area contributed by atoms with Gasteiger partial charge in [-0.05, 0) is 37.6 Å². The molecule has 1 aromatic rings. The topological polar surface area (TPSA) is 41.5 Å². The summed E-state index contributed by atoms with van der Waals surface area (Å²) in [5.74, 6) is -0.228. The minimum absolute atomic E-state index is 0.0106. The second kappa shape index (κ2) is 6.61. The van der Waals surface area contributed by atoms with Gasteiger partial charge in [-0.3, -0.25) is 0 Å². The first-order valence-electron chi connectivity index (χ1n) is 5.62. The molecule has 0 aliphatic heterocycles. The fourth-order valence-electron chi connectivity index (χ4n) is 1.47. The standard InChI is InChI=1S/C12H16F3NO2/c1-9(16-7-2-8-17)10-3-5-11(6-4-10)18-12(13,14)15/h3-6,9,16-17H,2,7-8H2,1H3. The van der Waals surface area contributed by atoms with E-state index in [0.29, 0.717) is 13.0 Å². The summed E-state index contributed by atoms with van der Waals surface area (Å²) in [6.45, 7) is 2.66. The lowest BCUT2D eigenvalue weighted by molar-refractivity contribution is -0.274. The molecule has 0 aliphatic rings. The predicted molar refractivity (Wildman–Crippen MR) is 61.2 cm³/mol. The smallest absolute Gasteiger partial charge is 0.406 e. The molecule has 1 unspecified atom stereocenters. The molecule has 0 saturated heterocycles. The number of nitrogens with one attached hydrogen (secondary N) is 1. The fourth-order valence-corrected chi connectivity index (χ4v) is 1.47. The van der Waals surface area contributed by atoms with Crippen molar-refractivity contribution in [2.75, 3.05) is 13.2 Å². The van der Waals surface area contributed by atoms with Crippen molar-refractivity contribution in [3.63, 3.8) is 0 Å². The highest BCUT2D eigenvalue weighted by atomic mass is 19.4. The van der Waals surface area contributed by atoms with Crippen molar-refractivity contribution in [2.24, 2.45) is 0 Å². The minimum Gasteiger partial charge on any atom is -0.406 e. The second-order valence-corrected chi connectivity index (χ2v) is 3.87. The molecule has 0 aromatic heterocycles. The molecule has 2 N–H and O–H groups in total. The van der Waals surface area contributed by atoms with Crippen LogP contribution < -0.4 is 10.1 Å². The molecule has 0 amide bonds. The molecule has 6 heteroatoms. The summed E-state index contributed by atoms with van der Waals surface area (Å²) in [6, 6.07) is 5.74. The molecule has 0 bridgehead atoms. The number of hydrogen-bond acceptors (Lipinski definition) is 3. The number of alkyl halides is 3. The number of hydrogen-bond donors (Lipinski definition) is 2. The molecular weight excluding hydrogens is 247 g/mol. The molecule has 102 valence electrons. The van der Waals surface area contributed by atoms with Crippen LogP contribution in [0.15, 0.2) is 24.3 Å². The zero-order valence-electron chi connectivity index (χ0n) is 10.00. The Morgan fingerprint density at radius 1 is 1.28 bits per heavy atom. The summed E-state index contributed by atoms with van der Waals surface area (Å²) in [5, 5.41) is 11.8. The van der Waals surface area contributed by atoms with Crippen LogP contribution in [0.5, 0.6) is 5.75 Å². The van der Waals surface area contributed by atoms with Crippen LogP contribution in [-0.2, 0) is 0 Å². The van der Waals surface area contributed by atoms with Gasteiger partial charge in [0.25, 0.3) is 0 Å². The Morgan fingerprint density at radius 3 is 2.39 bits per heavy atom. The fraction of sp³-hybridized carbons (Fsp3) is 0.500. The van der Waals surface area contributed by atoms with E-state index in [-0.39, 0.29) is 18.4 Å². The number of ether oxygens (including phenoxy) is 1. The Morgan fingerprint density at radius 2 is 1.89 bits per heavy atom. The maximum absolute atomic E-state index is 11.9. The Balaban J connectivity index is 2.54. The van der Waals surface area contributed by atoms with E-state index < -0.39 is 6.36 Å². The van der Waals surface area contributed by atoms with Gasteiger partial charge < -0.3 is 15.2 Å². The summed E-state index contributed by atoms with van der Waals surface area (Å²) >= 11 is 0. The molecule has 0 heterocycles. The quantitative estimate of drug-likeness (QED) is 0.775. The van der Waals surface area contributed by atoms with Gasteiger partial charge in [-0.25, -0.2) is 0 Å². The molecule has 1 aromatic carbocycles. The van der Waals surface area contributed by atoms with E-state index in [1.54, 1.807) is 12.1 Å². The van der Waals surface area contributed by atoms with E-state index in [1.165, 1.54) is 12.1 Å². The largest absolute Gasteiger partial charge is 0.573 e. The van der Waals surface area contributed by atoms with Gasteiger partial charge in [0.15, 0.2) is 0 Å².